The molecule has 1 N–H and O–H groups in total. The summed E-state index contributed by atoms with van der Waals surface area (Å²) in [6.07, 6.45) is 4.10. The van der Waals surface area contributed by atoms with Gasteiger partial charge in [-0.25, -0.2) is 13.4 Å². The number of nitrogens with zero attached hydrogens (tertiary/aromatic N) is 2. The maximum absolute atomic E-state index is 12.4. The standard InChI is InChI=1S/C18H23N3O3S2/c1-12-4-5-13(2)16(10-12)21-8-7-19-18(21)25-14(3)17(22)20-15-6-9-26(23,24)11-15/h4-5,7-8,10,14-15H,6,9,11H2,1-3H3,(H,20,22)/t14-,15+/m0/s1. The summed E-state index contributed by atoms with van der Waals surface area (Å²) < 4.78 is 25.1. The summed E-state index contributed by atoms with van der Waals surface area (Å²) in [6.45, 7) is 5.89. The van der Waals surface area contributed by atoms with Crippen LogP contribution in [0, 0.1) is 13.8 Å². The molecule has 1 saturated heterocycles. The third-order valence-electron chi connectivity index (χ3n) is 4.46. The number of carbonyl (C=O) groups excluding carboxylic acids is 1. The van der Waals surface area contributed by atoms with E-state index >= 15 is 0 Å². The number of sulfone groups is 1. The molecule has 140 valence electrons. The topological polar surface area (TPSA) is 81.1 Å². The number of aromatic nitrogens is 2. The molecule has 0 aliphatic carbocycles. The molecular weight excluding hydrogens is 370 g/mol. The van der Waals surface area contributed by atoms with E-state index in [4.69, 9.17) is 0 Å². The minimum atomic E-state index is -3.01. The smallest absolute Gasteiger partial charge is 0.233 e. The second kappa shape index (κ2) is 7.44. The highest BCUT2D eigenvalue weighted by atomic mass is 32.2. The van der Waals surface area contributed by atoms with Gasteiger partial charge in [-0.1, -0.05) is 23.9 Å². The lowest BCUT2D eigenvalue weighted by Gasteiger charge is -2.17. The fraction of sp³-hybridized carbons (Fsp3) is 0.444. The first-order chi connectivity index (χ1) is 12.2. The summed E-state index contributed by atoms with van der Waals surface area (Å²) in [5.74, 6) is 0.0247. The molecule has 8 heteroatoms. The number of benzene rings is 1. The van der Waals surface area contributed by atoms with Crippen LogP contribution in [0.15, 0.2) is 35.7 Å². The third kappa shape index (κ3) is 4.29. The molecular formula is C18H23N3O3S2. The predicted octanol–water partition coefficient (Wildman–Crippen LogP) is 2.27. The van der Waals surface area contributed by atoms with Crippen LogP contribution in [0.5, 0.6) is 0 Å². The van der Waals surface area contributed by atoms with Crippen molar-refractivity contribution in [2.75, 3.05) is 11.5 Å². The van der Waals surface area contributed by atoms with Crippen molar-refractivity contribution >= 4 is 27.5 Å². The molecule has 0 unspecified atom stereocenters. The molecule has 1 aliphatic rings. The van der Waals surface area contributed by atoms with Crippen LogP contribution >= 0.6 is 11.8 Å². The number of aryl methyl sites for hydroxylation is 2. The quantitative estimate of drug-likeness (QED) is 0.788. The number of rotatable bonds is 5. The number of thioether (sulfide) groups is 1. The van der Waals surface area contributed by atoms with Crippen molar-refractivity contribution in [3.8, 4) is 5.69 Å². The van der Waals surface area contributed by atoms with Crippen LogP contribution < -0.4 is 5.32 Å². The van der Waals surface area contributed by atoms with Crippen LogP contribution in [0.25, 0.3) is 5.69 Å². The second-order valence-corrected chi connectivity index (χ2v) is 10.3. The van der Waals surface area contributed by atoms with E-state index in [0.29, 0.717) is 6.42 Å². The van der Waals surface area contributed by atoms with E-state index in [-0.39, 0.29) is 28.7 Å². The van der Waals surface area contributed by atoms with E-state index < -0.39 is 9.84 Å². The minimum absolute atomic E-state index is 0.0350. The van der Waals surface area contributed by atoms with Gasteiger partial charge in [-0.2, -0.15) is 0 Å². The Balaban J connectivity index is 1.71. The van der Waals surface area contributed by atoms with Gasteiger partial charge >= 0.3 is 0 Å². The Morgan fingerprint density at radius 3 is 2.85 bits per heavy atom. The second-order valence-electron chi connectivity index (χ2n) is 6.74. The van der Waals surface area contributed by atoms with Crippen molar-refractivity contribution in [1.29, 1.82) is 0 Å². The normalized spacial score (nSPS) is 20.0. The molecule has 1 aromatic heterocycles. The van der Waals surface area contributed by atoms with Gasteiger partial charge in [-0.15, -0.1) is 0 Å². The number of nitrogens with one attached hydrogen (secondary N) is 1. The predicted molar refractivity (Wildman–Crippen MR) is 104 cm³/mol. The van der Waals surface area contributed by atoms with E-state index in [0.717, 1.165) is 22.0 Å². The average molecular weight is 394 g/mol. The zero-order chi connectivity index (χ0) is 18.9. The van der Waals surface area contributed by atoms with Crippen LogP contribution in [0.4, 0.5) is 0 Å². The maximum atomic E-state index is 12.4. The van der Waals surface area contributed by atoms with Gasteiger partial charge in [0.25, 0.3) is 0 Å². The number of imidazole rings is 1. The molecule has 0 bridgehead atoms. The summed E-state index contributed by atoms with van der Waals surface area (Å²) in [7, 11) is -3.01. The molecule has 3 rings (SSSR count). The summed E-state index contributed by atoms with van der Waals surface area (Å²) in [5.41, 5.74) is 3.33. The van der Waals surface area contributed by atoms with Crippen molar-refractivity contribution < 1.29 is 13.2 Å². The van der Waals surface area contributed by atoms with Gasteiger partial charge in [0.1, 0.15) is 0 Å². The number of amides is 1. The number of hydrogen-bond donors (Lipinski definition) is 1. The SMILES string of the molecule is Cc1ccc(C)c(-n2ccnc2S[C@@H](C)C(=O)N[C@@H]2CCS(=O)(=O)C2)c1. The Hall–Kier alpha value is -1.80. The molecule has 1 aromatic carbocycles. The first-order valence-corrected chi connectivity index (χ1v) is 11.2. The lowest BCUT2D eigenvalue weighted by atomic mass is 10.1. The molecule has 0 spiro atoms. The van der Waals surface area contributed by atoms with E-state index in [1.54, 1.807) is 6.20 Å². The van der Waals surface area contributed by atoms with Crippen molar-refractivity contribution in [2.24, 2.45) is 0 Å². The lowest BCUT2D eigenvalue weighted by Crippen LogP contribution is -2.40. The van der Waals surface area contributed by atoms with Crippen molar-refractivity contribution in [2.45, 2.75) is 43.6 Å². The van der Waals surface area contributed by atoms with Crippen molar-refractivity contribution in [3.05, 3.63) is 41.7 Å². The highest BCUT2D eigenvalue weighted by molar-refractivity contribution is 8.00. The molecule has 26 heavy (non-hydrogen) atoms. The Labute approximate surface area is 158 Å². The van der Waals surface area contributed by atoms with Crippen molar-refractivity contribution in [1.82, 2.24) is 14.9 Å². The van der Waals surface area contributed by atoms with Gasteiger partial charge in [0.2, 0.25) is 5.91 Å². The Kier molecular flexibility index (Phi) is 5.43. The van der Waals surface area contributed by atoms with Gasteiger partial charge in [0.05, 0.1) is 22.4 Å². The van der Waals surface area contributed by atoms with Gasteiger partial charge in [-0.3, -0.25) is 9.36 Å². The van der Waals surface area contributed by atoms with Gasteiger partial charge in [-0.05, 0) is 44.4 Å². The molecule has 1 fully saturated rings. The largest absolute Gasteiger partial charge is 0.351 e. The first kappa shape index (κ1) is 19.0. The van der Waals surface area contributed by atoms with Gasteiger partial charge in [0.15, 0.2) is 15.0 Å². The van der Waals surface area contributed by atoms with Gasteiger partial charge in [0, 0.05) is 18.4 Å². The maximum Gasteiger partial charge on any atom is 0.233 e. The summed E-state index contributed by atoms with van der Waals surface area (Å²) in [6, 6.07) is 5.94. The zero-order valence-electron chi connectivity index (χ0n) is 15.1. The van der Waals surface area contributed by atoms with E-state index in [9.17, 15) is 13.2 Å². The highest BCUT2D eigenvalue weighted by Gasteiger charge is 2.30. The van der Waals surface area contributed by atoms with Crippen LogP contribution in [-0.2, 0) is 14.6 Å². The highest BCUT2D eigenvalue weighted by Crippen LogP contribution is 2.27. The molecule has 0 radical (unpaired) electrons. The summed E-state index contributed by atoms with van der Waals surface area (Å²) in [5, 5.41) is 3.22. The molecule has 1 amide bonds. The number of hydrogen-bond acceptors (Lipinski definition) is 5. The van der Waals surface area contributed by atoms with E-state index in [2.05, 4.69) is 28.5 Å². The van der Waals surface area contributed by atoms with E-state index in [1.165, 1.54) is 11.8 Å². The van der Waals surface area contributed by atoms with Crippen LogP contribution in [0.1, 0.15) is 24.5 Å². The van der Waals surface area contributed by atoms with Crippen LogP contribution in [0.3, 0.4) is 0 Å². The first-order valence-electron chi connectivity index (χ1n) is 8.53. The Morgan fingerprint density at radius 2 is 2.15 bits per heavy atom. The minimum Gasteiger partial charge on any atom is -0.351 e. The molecule has 6 nitrogen and oxygen atoms in total. The average Bonchev–Trinajstić information content (AvgIpc) is 3.15. The molecule has 2 heterocycles. The third-order valence-corrected chi connectivity index (χ3v) is 7.31. The molecule has 0 saturated carbocycles. The lowest BCUT2D eigenvalue weighted by molar-refractivity contribution is -0.120. The fourth-order valence-electron chi connectivity index (χ4n) is 2.98. The molecule has 2 aromatic rings. The van der Waals surface area contributed by atoms with Crippen LogP contribution in [0.2, 0.25) is 0 Å². The van der Waals surface area contributed by atoms with Crippen molar-refractivity contribution in [3.63, 3.8) is 0 Å². The summed E-state index contributed by atoms with van der Waals surface area (Å²) in [4.78, 5) is 16.8. The molecule has 1 aliphatic heterocycles. The fourth-order valence-corrected chi connectivity index (χ4v) is 5.54. The van der Waals surface area contributed by atoms with Crippen LogP contribution in [-0.4, -0.2) is 46.7 Å². The van der Waals surface area contributed by atoms with Gasteiger partial charge < -0.3 is 5.32 Å². The number of carbonyl (C=O) groups is 1. The Bertz CT molecular complexity index is 922. The molecule has 2 atom stereocenters. The monoisotopic (exact) mass is 393 g/mol. The Morgan fingerprint density at radius 1 is 1.38 bits per heavy atom. The summed E-state index contributed by atoms with van der Waals surface area (Å²) >= 11 is 1.37. The van der Waals surface area contributed by atoms with E-state index in [1.807, 2.05) is 31.5 Å². The zero-order valence-corrected chi connectivity index (χ0v) is 16.7.